The molecule has 0 atom stereocenters. The number of nitrogens with zero attached hydrogens (tertiary/aromatic N) is 3. The molecule has 0 aliphatic rings. The van der Waals surface area contributed by atoms with Crippen molar-refractivity contribution < 1.29 is 14.3 Å². The first-order valence-electron chi connectivity index (χ1n) is 5.67. The summed E-state index contributed by atoms with van der Waals surface area (Å²) in [6.07, 6.45) is 0.113. The number of nitriles is 1. The topological polar surface area (TPSA) is 107 Å². The van der Waals surface area contributed by atoms with Crippen LogP contribution in [0.3, 0.4) is 0 Å². The minimum atomic E-state index is -0.489. The first-order chi connectivity index (χ1) is 9.49. The van der Waals surface area contributed by atoms with Gasteiger partial charge in [-0.05, 0) is 12.1 Å². The SMILES string of the molecule is CCC(=O)Nc1c(C#N)[n+]([O-])c2cc(Cl)ccc2[n+]1[O-]. The van der Waals surface area contributed by atoms with Crippen molar-refractivity contribution in [3.63, 3.8) is 0 Å². The Bertz CT molecular complexity index is 755. The van der Waals surface area contributed by atoms with Gasteiger partial charge in [-0.15, -0.1) is 4.73 Å². The number of hydrogen-bond donors (Lipinski definition) is 1. The van der Waals surface area contributed by atoms with Crippen LogP contribution >= 0.6 is 11.6 Å². The third-order valence-electron chi connectivity index (χ3n) is 2.69. The molecule has 1 N–H and O–H groups in total. The summed E-state index contributed by atoms with van der Waals surface area (Å²) in [6.45, 7) is 1.59. The summed E-state index contributed by atoms with van der Waals surface area (Å²) < 4.78 is 0.618. The van der Waals surface area contributed by atoms with Gasteiger partial charge in [-0.2, -0.15) is 5.26 Å². The van der Waals surface area contributed by atoms with E-state index in [-0.39, 0.29) is 33.0 Å². The van der Waals surface area contributed by atoms with E-state index in [2.05, 4.69) is 5.32 Å². The predicted octanol–water partition coefficient (Wildman–Crippen LogP) is 0.980. The van der Waals surface area contributed by atoms with Gasteiger partial charge in [0.05, 0.1) is 0 Å². The van der Waals surface area contributed by atoms with Gasteiger partial charge in [-0.3, -0.25) is 0 Å². The van der Waals surface area contributed by atoms with Crippen molar-refractivity contribution in [3.8, 4) is 6.07 Å². The van der Waals surface area contributed by atoms with E-state index in [1.165, 1.54) is 18.2 Å². The van der Waals surface area contributed by atoms with E-state index in [1.807, 2.05) is 0 Å². The lowest BCUT2D eigenvalue weighted by molar-refractivity contribution is -0.620. The molecule has 0 radical (unpaired) electrons. The fourth-order valence-corrected chi connectivity index (χ4v) is 1.86. The van der Waals surface area contributed by atoms with Crippen LogP contribution in [0.4, 0.5) is 5.82 Å². The van der Waals surface area contributed by atoms with Crippen LogP contribution in [0.25, 0.3) is 11.0 Å². The number of nitrogens with one attached hydrogen (secondary N) is 1. The van der Waals surface area contributed by atoms with Crippen LogP contribution in [0.1, 0.15) is 19.0 Å². The van der Waals surface area contributed by atoms with Gasteiger partial charge in [0.2, 0.25) is 5.52 Å². The lowest BCUT2D eigenvalue weighted by Gasteiger charge is -2.12. The van der Waals surface area contributed by atoms with Crippen molar-refractivity contribution in [2.75, 3.05) is 5.32 Å². The Hall–Kier alpha value is -2.59. The van der Waals surface area contributed by atoms with Crippen molar-refractivity contribution in [1.29, 1.82) is 5.26 Å². The van der Waals surface area contributed by atoms with Gasteiger partial charge in [0.25, 0.3) is 5.52 Å². The number of benzene rings is 1. The van der Waals surface area contributed by atoms with Gasteiger partial charge in [0, 0.05) is 17.5 Å². The smallest absolute Gasteiger partial charge is 0.386 e. The zero-order valence-corrected chi connectivity index (χ0v) is 11.1. The molecule has 20 heavy (non-hydrogen) atoms. The van der Waals surface area contributed by atoms with Gasteiger partial charge in [-0.25, -0.2) is 14.8 Å². The Kier molecular flexibility index (Phi) is 3.59. The second kappa shape index (κ2) is 5.19. The normalized spacial score (nSPS) is 10.2. The Morgan fingerprint density at radius 2 is 2.10 bits per heavy atom. The first-order valence-corrected chi connectivity index (χ1v) is 6.05. The van der Waals surface area contributed by atoms with Gasteiger partial charge >= 0.3 is 17.4 Å². The number of hydrogen-bond acceptors (Lipinski definition) is 4. The van der Waals surface area contributed by atoms with Crippen LogP contribution in [0.2, 0.25) is 5.02 Å². The minimum Gasteiger partial charge on any atom is -0.710 e. The molecule has 7 nitrogen and oxygen atoms in total. The zero-order chi connectivity index (χ0) is 14.9. The molecule has 0 spiro atoms. The fourth-order valence-electron chi connectivity index (χ4n) is 1.69. The van der Waals surface area contributed by atoms with E-state index in [1.54, 1.807) is 13.0 Å². The molecular weight excluding hydrogens is 284 g/mol. The average molecular weight is 293 g/mol. The van der Waals surface area contributed by atoms with E-state index in [4.69, 9.17) is 16.9 Å². The molecule has 0 aliphatic carbocycles. The molecule has 1 amide bonds. The Labute approximate surface area is 118 Å². The Morgan fingerprint density at radius 3 is 2.70 bits per heavy atom. The number of amides is 1. The fraction of sp³-hybridized carbons (Fsp3) is 0.167. The molecule has 0 bridgehead atoms. The maximum atomic E-state index is 12.2. The number of aromatic nitrogens is 2. The third-order valence-corrected chi connectivity index (χ3v) is 2.93. The van der Waals surface area contributed by atoms with Crippen LogP contribution in [0.5, 0.6) is 0 Å². The summed E-state index contributed by atoms with van der Waals surface area (Å²) in [5.74, 6) is -0.858. The molecule has 102 valence electrons. The van der Waals surface area contributed by atoms with Gasteiger partial charge in [0.15, 0.2) is 6.07 Å². The average Bonchev–Trinajstić information content (AvgIpc) is 2.44. The molecule has 0 aliphatic heterocycles. The molecule has 8 heteroatoms. The number of halogens is 1. The maximum absolute atomic E-state index is 12.2. The van der Waals surface area contributed by atoms with Crippen molar-refractivity contribution in [1.82, 2.24) is 0 Å². The Morgan fingerprint density at radius 1 is 1.40 bits per heavy atom. The summed E-state index contributed by atoms with van der Waals surface area (Å²) in [7, 11) is 0. The summed E-state index contributed by atoms with van der Waals surface area (Å²) in [4.78, 5) is 11.4. The van der Waals surface area contributed by atoms with Crippen molar-refractivity contribution >= 4 is 34.4 Å². The van der Waals surface area contributed by atoms with Crippen LogP contribution in [-0.4, -0.2) is 5.91 Å². The Balaban J connectivity index is 2.81. The van der Waals surface area contributed by atoms with E-state index in [0.717, 1.165) is 0 Å². The van der Waals surface area contributed by atoms with E-state index in [9.17, 15) is 15.2 Å². The highest BCUT2D eigenvalue weighted by molar-refractivity contribution is 6.31. The van der Waals surface area contributed by atoms with E-state index >= 15 is 0 Å². The summed E-state index contributed by atoms with van der Waals surface area (Å²) in [5.41, 5.74) is -0.523. The number of fused-ring (bicyclic) bond motifs is 1. The largest absolute Gasteiger partial charge is 0.710 e. The van der Waals surface area contributed by atoms with Crippen LogP contribution in [0, 0.1) is 21.7 Å². The molecule has 2 aromatic rings. The molecule has 0 fully saturated rings. The van der Waals surface area contributed by atoms with Gasteiger partial charge in [0.1, 0.15) is 0 Å². The highest BCUT2D eigenvalue weighted by Crippen LogP contribution is 2.17. The highest BCUT2D eigenvalue weighted by atomic mass is 35.5. The monoisotopic (exact) mass is 292 g/mol. The minimum absolute atomic E-state index is 0.00908. The predicted molar refractivity (Wildman–Crippen MR) is 70.5 cm³/mol. The second-order valence-corrected chi connectivity index (χ2v) is 4.37. The van der Waals surface area contributed by atoms with Crippen LogP contribution in [-0.2, 0) is 4.79 Å². The first kappa shape index (κ1) is 13.8. The zero-order valence-electron chi connectivity index (χ0n) is 10.4. The molecule has 0 unspecified atom stereocenters. The lowest BCUT2D eigenvalue weighted by Crippen LogP contribution is -2.44. The van der Waals surface area contributed by atoms with E-state index < -0.39 is 11.6 Å². The molecule has 0 saturated heterocycles. The highest BCUT2D eigenvalue weighted by Gasteiger charge is 2.28. The molecular formula is C12H9ClN4O3. The van der Waals surface area contributed by atoms with Gasteiger partial charge < -0.3 is 10.4 Å². The van der Waals surface area contributed by atoms with Crippen LogP contribution < -0.4 is 14.8 Å². The van der Waals surface area contributed by atoms with Crippen LogP contribution in [0.15, 0.2) is 18.2 Å². The third kappa shape index (κ3) is 2.17. The lowest BCUT2D eigenvalue weighted by atomic mass is 10.2. The number of carbonyl (C=O) groups is 1. The molecule has 1 aromatic heterocycles. The summed E-state index contributed by atoms with van der Waals surface area (Å²) in [6, 6.07) is 5.69. The molecule has 2 rings (SSSR count). The van der Waals surface area contributed by atoms with Crippen molar-refractivity contribution in [2.24, 2.45) is 0 Å². The standard InChI is InChI=1S/C12H9ClN4O3/c1-2-11(18)15-12-10(6-14)16(19)9-5-7(13)3-4-8(9)17(12)20/h3-5H,2H2,1H3,(H,15,18). The number of rotatable bonds is 2. The number of anilines is 1. The maximum Gasteiger partial charge on any atom is 0.386 e. The molecule has 1 heterocycles. The summed E-state index contributed by atoms with van der Waals surface area (Å²) in [5, 5.41) is 35.8. The van der Waals surface area contributed by atoms with Gasteiger partial charge in [-0.1, -0.05) is 18.5 Å². The molecule has 0 saturated carbocycles. The van der Waals surface area contributed by atoms with Crippen molar-refractivity contribution in [3.05, 3.63) is 39.3 Å². The quantitative estimate of drug-likeness (QED) is 0.657. The molecule has 1 aromatic carbocycles. The second-order valence-electron chi connectivity index (χ2n) is 3.93. The number of carbonyl (C=O) groups excluding carboxylic acids is 1. The van der Waals surface area contributed by atoms with Crippen molar-refractivity contribution in [2.45, 2.75) is 13.3 Å². The summed E-state index contributed by atoms with van der Waals surface area (Å²) >= 11 is 5.77. The van der Waals surface area contributed by atoms with E-state index in [0.29, 0.717) is 4.73 Å².